The van der Waals surface area contributed by atoms with Crippen molar-refractivity contribution >= 4 is 16.7 Å². The fraction of sp³-hybridized carbons (Fsp3) is 0.435. The van der Waals surface area contributed by atoms with Crippen LogP contribution in [-0.4, -0.2) is 56.3 Å². The topological polar surface area (TPSA) is 80.5 Å². The number of hydrogen-bond acceptors (Lipinski definition) is 5. The van der Waals surface area contributed by atoms with Crippen LogP contribution in [0.2, 0.25) is 0 Å². The van der Waals surface area contributed by atoms with Gasteiger partial charge in [0.2, 0.25) is 0 Å². The van der Waals surface area contributed by atoms with E-state index in [0.29, 0.717) is 11.4 Å². The van der Waals surface area contributed by atoms with Crippen molar-refractivity contribution in [2.75, 3.05) is 27.2 Å². The van der Waals surface area contributed by atoms with Crippen LogP contribution in [-0.2, 0) is 0 Å². The summed E-state index contributed by atoms with van der Waals surface area (Å²) in [6.45, 7) is 6.34. The lowest BCUT2D eigenvalue weighted by atomic mass is 9.92. The molecule has 3 aromatic heterocycles. The third-order valence-corrected chi connectivity index (χ3v) is 6.35. The molecule has 0 bridgehead atoms. The van der Waals surface area contributed by atoms with Crippen LogP contribution in [0, 0.1) is 0 Å². The Hall–Kier alpha value is -3.13. The molecule has 0 amide bonds. The Balaban J connectivity index is 1.71. The van der Waals surface area contributed by atoms with E-state index in [1.165, 1.54) is 11.9 Å². The number of aromatic amines is 1. The van der Waals surface area contributed by atoms with Crippen molar-refractivity contribution in [2.24, 2.45) is 0 Å². The molecule has 4 aromatic rings. The molecule has 31 heavy (non-hydrogen) atoms. The molecule has 162 valence electrons. The number of methoxy groups -OCH3 is 1. The van der Waals surface area contributed by atoms with Gasteiger partial charge < -0.3 is 14.6 Å². The van der Waals surface area contributed by atoms with E-state index in [0.717, 1.165) is 48.1 Å². The van der Waals surface area contributed by atoms with Gasteiger partial charge in [0, 0.05) is 18.3 Å². The molecule has 1 aromatic carbocycles. The predicted octanol–water partition coefficient (Wildman–Crippen LogP) is 3.44. The molecule has 1 aliphatic heterocycles. The maximum absolute atomic E-state index is 13.0. The minimum absolute atomic E-state index is 0.0357. The van der Waals surface area contributed by atoms with Gasteiger partial charge in [-0.15, -0.1) is 0 Å². The van der Waals surface area contributed by atoms with E-state index in [-0.39, 0.29) is 17.6 Å². The van der Waals surface area contributed by atoms with E-state index < -0.39 is 0 Å². The van der Waals surface area contributed by atoms with Crippen molar-refractivity contribution in [3.05, 3.63) is 46.8 Å². The lowest BCUT2D eigenvalue weighted by Crippen LogP contribution is -2.36. The molecule has 1 fully saturated rings. The zero-order chi connectivity index (χ0) is 21.7. The molecule has 0 radical (unpaired) electrons. The van der Waals surface area contributed by atoms with Gasteiger partial charge in [-0.1, -0.05) is 13.8 Å². The van der Waals surface area contributed by atoms with E-state index in [2.05, 4.69) is 53.0 Å². The third kappa shape index (κ3) is 3.31. The van der Waals surface area contributed by atoms with Gasteiger partial charge >= 0.3 is 5.69 Å². The van der Waals surface area contributed by atoms with E-state index in [1.807, 2.05) is 16.8 Å². The van der Waals surface area contributed by atoms with E-state index in [1.54, 1.807) is 11.6 Å². The highest BCUT2D eigenvalue weighted by molar-refractivity contribution is 5.85. The van der Waals surface area contributed by atoms with Crippen LogP contribution in [0.4, 0.5) is 0 Å². The maximum atomic E-state index is 13.0. The number of hydrogen-bond donors (Lipinski definition) is 1. The number of nitrogens with one attached hydrogen (secondary N) is 1. The molecule has 8 nitrogen and oxygen atoms in total. The summed E-state index contributed by atoms with van der Waals surface area (Å²) in [4.78, 5) is 22.6. The zero-order valence-electron chi connectivity index (χ0n) is 18.4. The van der Waals surface area contributed by atoms with Crippen LogP contribution in [0.1, 0.15) is 44.2 Å². The second kappa shape index (κ2) is 7.53. The number of benzene rings is 1. The molecule has 1 N–H and O–H groups in total. The number of piperidine rings is 1. The van der Waals surface area contributed by atoms with Crippen LogP contribution in [0.5, 0.6) is 5.75 Å². The highest BCUT2D eigenvalue weighted by Gasteiger charge is 2.24. The first kappa shape index (κ1) is 19.8. The van der Waals surface area contributed by atoms with Crippen molar-refractivity contribution in [3.63, 3.8) is 0 Å². The van der Waals surface area contributed by atoms with Crippen LogP contribution in [0.3, 0.4) is 0 Å². The van der Waals surface area contributed by atoms with E-state index in [4.69, 9.17) is 4.74 Å². The van der Waals surface area contributed by atoms with Gasteiger partial charge in [-0.25, -0.2) is 14.3 Å². The number of imidazole rings is 1. The smallest absolute Gasteiger partial charge is 0.326 e. The van der Waals surface area contributed by atoms with Crippen molar-refractivity contribution < 1.29 is 4.74 Å². The average molecular weight is 421 g/mol. The first-order chi connectivity index (χ1) is 15.0. The molecule has 1 aliphatic rings. The molecule has 4 heterocycles. The molecular weight excluding hydrogens is 392 g/mol. The van der Waals surface area contributed by atoms with E-state index in [9.17, 15) is 4.79 Å². The standard InChI is InChI=1S/C23H28N6O2/c1-14(2)17-10-20-19(26-23(30)29(20)16-6-5-7-27(3)12-16)9-18(17)15-8-21(31-4)22-24-13-25-28(22)11-15/h8-11,13-14,16H,5-7,12H2,1-4H3,(H,26,30)/t16-/m1/s1. The molecule has 1 saturated heterocycles. The number of likely N-dealkylation sites (N-methyl/N-ethyl adjacent to an activating group) is 1. The lowest BCUT2D eigenvalue weighted by molar-refractivity contribution is 0.212. The lowest BCUT2D eigenvalue weighted by Gasteiger charge is -2.30. The van der Waals surface area contributed by atoms with Gasteiger partial charge in [-0.05, 0) is 61.7 Å². The quantitative estimate of drug-likeness (QED) is 0.547. The summed E-state index contributed by atoms with van der Waals surface area (Å²) >= 11 is 0. The highest BCUT2D eigenvalue weighted by atomic mass is 16.5. The number of rotatable bonds is 4. The molecule has 5 rings (SSSR count). The summed E-state index contributed by atoms with van der Waals surface area (Å²) in [5.74, 6) is 0.949. The van der Waals surface area contributed by atoms with Gasteiger partial charge in [-0.2, -0.15) is 5.10 Å². The largest absolute Gasteiger partial charge is 0.493 e. The SMILES string of the molecule is COc1cc(-c2cc3[nH]c(=O)n([C@@H]4CCCN(C)C4)c3cc2C(C)C)cn2ncnc12. The number of pyridine rings is 1. The van der Waals surface area contributed by atoms with Crippen molar-refractivity contribution in [3.8, 4) is 16.9 Å². The normalized spacial score (nSPS) is 17.8. The molecular formula is C23H28N6O2. The van der Waals surface area contributed by atoms with Crippen molar-refractivity contribution in [2.45, 2.75) is 38.6 Å². The first-order valence-electron chi connectivity index (χ1n) is 10.8. The summed E-state index contributed by atoms with van der Waals surface area (Å²) < 4.78 is 9.25. The number of fused-ring (bicyclic) bond motifs is 2. The van der Waals surface area contributed by atoms with Crippen LogP contribution >= 0.6 is 0 Å². The van der Waals surface area contributed by atoms with Gasteiger partial charge in [0.15, 0.2) is 11.4 Å². The Bertz CT molecular complexity index is 1320. The van der Waals surface area contributed by atoms with Gasteiger partial charge in [-0.3, -0.25) is 4.57 Å². The summed E-state index contributed by atoms with van der Waals surface area (Å²) in [6, 6.07) is 6.45. The second-order valence-corrected chi connectivity index (χ2v) is 8.80. The number of H-pyrrole nitrogens is 1. The Morgan fingerprint density at radius 3 is 2.84 bits per heavy atom. The van der Waals surface area contributed by atoms with E-state index >= 15 is 0 Å². The Morgan fingerprint density at radius 1 is 1.26 bits per heavy atom. The van der Waals surface area contributed by atoms with Crippen LogP contribution < -0.4 is 10.4 Å². The fourth-order valence-corrected chi connectivity index (χ4v) is 4.82. The summed E-state index contributed by atoms with van der Waals surface area (Å²) in [5.41, 5.74) is 5.71. The van der Waals surface area contributed by atoms with Crippen LogP contribution in [0.15, 0.2) is 35.5 Å². The van der Waals surface area contributed by atoms with Crippen molar-refractivity contribution in [1.82, 2.24) is 29.0 Å². The second-order valence-electron chi connectivity index (χ2n) is 8.80. The number of aromatic nitrogens is 5. The Kier molecular flexibility index (Phi) is 4.81. The van der Waals surface area contributed by atoms with Crippen molar-refractivity contribution in [1.29, 1.82) is 0 Å². The summed E-state index contributed by atoms with van der Waals surface area (Å²) in [5, 5.41) is 4.30. The Labute approximate surface area is 180 Å². The maximum Gasteiger partial charge on any atom is 0.326 e. The minimum atomic E-state index is -0.0357. The molecule has 0 saturated carbocycles. The predicted molar refractivity (Wildman–Crippen MR) is 121 cm³/mol. The molecule has 0 unspecified atom stereocenters. The number of nitrogens with zero attached hydrogens (tertiary/aromatic N) is 5. The third-order valence-electron chi connectivity index (χ3n) is 6.35. The zero-order valence-corrected chi connectivity index (χ0v) is 18.4. The molecule has 0 aliphatic carbocycles. The highest BCUT2D eigenvalue weighted by Crippen LogP contribution is 2.36. The molecule has 8 heteroatoms. The Morgan fingerprint density at radius 2 is 2.10 bits per heavy atom. The van der Waals surface area contributed by atoms with Crippen LogP contribution in [0.25, 0.3) is 27.8 Å². The summed E-state index contributed by atoms with van der Waals surface area (Å²) in [6.07, 6.45) is 5.61. The monoisotopic (exact) mass is 420 g/mol. The first-order valence-corrected chi connectivity index (χ1v) is 10.8. The fourth-order valence-electron chi connectivity index (χ4n) is 4.82. The molecule has 0 spiro atoms. The average Bonchev–Trinajstić information content (AvgIpc) is 3.34. The number of ether oxygens (including phenoxy) is 1. The number of likely N-dealkylation sites (tertiary alicyclic amines) is 1. The van der Waals surface area contributed by atoms with Gasteiger partial charge in [0.1, 0.15) is 6.33 Å². The van der Waals surface area contributed by atoms with Gasteiger partial charge in [0.25, 0.3) is 0 Å². The molecule has 1 atom stereocenters. The van der Waals surface area contributed by atoms with Gasteiger partial charge in [0.05, 0.1) is 24.2 Å². The minimum Gasteiger partial charge on any atom is -0.493 e. The summed E-state index contributed by atoms with van der Waals surface area (Å²) in [7, 11) is 3.76.